The molecular weight excluding hydrogens is 262 g/mol. The van der Waals surface area contributed by atoms with Crippen LogP contribution < -0.4 is 4.74 Å². The van der Waals surface area contributed by atoms with Crippen LogP contribution in [0.4, 0.5) is 0 Å². The standard InChI is InChI=1S/C18H31NO2/c1-4-6-13-19(3)14-12-18(20)16-8-10-17(11-9-16)21-15-7-5-2/h8-11,18,20H,4-7,12-15H2,1-3H3. The monoisotopic (exact) mass is 293 g/mol. The molecule has 0 radical (unpaired) electrons. The van der Waals surface area contributed by atoms with E-state index < -0.39 is 6.10 Å². The van der Waals surface area contributed by atoms with Gasteiger partial charge in [-0.1, -0.05) is 38.8 Å². The van der Waals surface area contributed by atoms with Crippen molar-refractivity contribution in [3.63, 3.8) is 0 Å². The molecule has 1 aromatic rings. The van der Waals surface area contributed by atoms with Crippen LogP contribution in [0.3, 0.4) is 0 Å². The molecule has 1 atom stereocenters. The first kappa shape index (κ1) is 18.0. The van der Waals surface area contributed by atoms with Gasteiger partial charge in [0.15, 0.2) is 0 Å². The van der Waals surface area contributed by atoms with Gasteiger partial charge in [-0.15, -0.1) is 0 Å². The molecule has 0 aliphatic heterocycles. The van der Waals surface area contributed by atoms with Crippen LogP contribution in [0, 0.1) is 0 Å². The third-order valence-electron chi connectivity index (χ3n) is 3.71. The molecule has 3 heteroatoms. The van der Waals surface area contributed by atoms with Crippen molar-refractivity contribution in [3.8, 4) is 5.75 Å². The minimum atomic E-state index is -0.390. The summed E-state index contributed by atoms with van der Waals surface area (Å²) < 4.78 is 5.63. The summed E-state index contributed by atoms with van der Waals surface area (Å²) in [6.45, 7) is 7.15. The zero-order valence-electron chi connectivity index (χ0n) is 13.8. The Bertz CT molecular complexity index is 364. The van der Waals surface area contributed by atoms with E-state index in [1.807, 2.05) is 24.3 Å². The molecule has 0 bridgehead atoms. The first-order chi connectivity index (χ1) is 10.2. The highest BCUT2D eigenvalue weighted by Crippen LogP contribution is 2.20. The average Bonchev–Trinajstić information content (AvgIpc) is 2.51. The van der Waals surface area contributed by atoms with E-state index in [1.54, 1.807) is 0 Å². The van der Waals surface area contributed by atoms with Gasteiger partial charge in [0.25, 0.3) is 0 Å². The fraction of sp³-hybridized carbons (Fsp3) is 0.667. The third kappa shape index (κ3) is 7.49. The van der Waals surface area contributed by atoms with E-state index in [9.17, 15) is 5.11 Å². The van der Waals surface area contributed by atoms with Gasteiger partial charge in [-0.05, 0) is 50.6 Å². The Kier molecular flexibility index (Phi) is 9.11. The van der Waals surface area contributed by atoms with E-state index in [-0.39, 0.29) is 0 Å². The lowest BCUT2D eigenvalue weighted by molar-refractivity contribution is 0.148. The summed E-state index contributed by atoms with van der Waals surface area (Å²) >= 11 is 0. The first-order valence-corrected chi connectivity index (χ1v) is 8.26. The molecule has 0 aliphatic rings. The second-order valence-electron chi connectivity index (χ2n) is 5.73. The molecule has 1 rings (SSSR count). The highest BCUT2D eigenvalue weighted by Gasteiger charge is 2.09. The largest absolute Gasteiger partial charge is 0.494 e. The van der Waals surface area contributed by atoms with Crippen molar-refractivity contribution < 1.29 is 9.84 Å². The second-order valence-corrected chi connectivity index (χ2v) is 5.73. The topological polar surface area (TPSA) is 32.7 Å². The van der Waals surface area contributed by atoms with Crippen molar-refractivity contribution in [1.82, 2.24) is 4.90 Å². The molecule has 1 unspecified atom stereocenters. The summed E-state index contributed by atoms with van der Waals surface area (Å²) in [5, 5.41) is 10.2. The lowest BCUT2D eigenvalue weighted by atomic mass is 10.1. The number of nitrogens with zero attached hydrogens (tertiary/aromatic N) is 1. The summed E-state index contributed by atoms with van der Waals surface area (Å²) in [6.07, 6.45) is 5.04. The number of unbranched alkanes of at least 4 members (excludes halogenated alkanes) is 2. The van der Waals surface area contributed by atoms with Crippen LogP contribution in [-0.2, 0) is 0 Å². The zero-order valence-corrected chi connectivity index (χ0v) is 13.8. The Labute approximate surface area is 129 Å². The minimum Gasteiger partial charge on any atom is -0.494 e. The molecule has 0 heterocycles. The lowest BCUT2D eigenvalue weighted by Gasteiger charge is -2.19. The smallest absolute Gasteiger partial charge is 0.119 e. The molecule has 120 valence electrons. The molecule has 0 spiro atoms. The normalized spacial score (nSPS) is 12.6. The fourth-order valence-corrected chi connectivity index (χ4v) is 2.17. The highest BCUT2D eigenvalue weighted by molar-refractivity contribution is 5.28. The Balaban J connectivity index is 2.35. The fourth-order valence-electron chi connectivity index (χ4n) is 2.17. The first-order valence-electron chi connectivity index (χ1n) is 8.26. The van der Waals surface area contributed by atoms with Crippen LogP contribution >= 0.6 is 0 Å². The summed E-state index contributed by atoms with van der Waals surface area (Å²) in [5.74, 6) is 0.888. The average molecular weight is 293 g/mol. The van der Waals surface area contributed by atoms with E-state index in [2.05, 4.69) is 25.8 Å². The van der Waals surface area contributed by atoms with E-state index >= 15 is 0 Å². The van der Waals surface area contributed by atoms with Crippen LogP contribution in [0.2, 0.25) is 0 Å². The predicted molar refractivity (Wildman–Crippen MR) is 88.8 cm³/mol. The molecule has 0 fully saturated rings. The number of rotatable bonds is 11. The van der Waals surface area contributed by atoms with Gasteiger partial charge in [0, 0.05) is 6.54 Å². The lowest BCUT2D eigenvalue weighted by Crippen LogP contribution is -2.22. The molecule has 3 nitrogen and oxygen atoms in total. The van der Waals surface area contributed by atoms with Gasteiger partial charge in [-0.2, -0.15) is 0 Å². The van der Waals surface area contributed by atoms with Crippen molar-refractivity contribution in [2.24, 2.45) is 0 Å². The quantitative estimate of drug-likeness (QED) is 0.625. The van der Waals surface area contributed by atoms with Crippen LogP contribution in [0.25, 0.3) is 0 Å². The number of hydrogen-bond acceptors (Lipinski definition) is 3. The van der Waals surface area contributed by atoms with E-state index in [0.717, 1.165) is 50.3 Å². The summed E-state index contributed by atoms with van der Waals surface area (Å²) in [6, 6.07) is 7.85. The molecule has 0 saturated heterocycles. The Morgan fingerprint density at radius 3 is 2.33 bits per heavy atom. The van der Waals surface area contributed by atoms with Gasteiger partial charge in [0.05, 0.1) is 12.7 Å². The maximum absolute atomic E-state index is 10.2. The summed E-state index contributed by atoms with van der Waals surface area (Å²) in [4.78, 5) is 2.29. The Hall–Kier alpha value is -1.06. The zero-order chi connectivity index (χ0) is 15.5. The summed E-state index contributed by atoms with van der Waals surface area (Å²) in [7, 11) is 2.12. The van der Waals surface area contributed by atoms with E-state index in [4.69, 9.17) is 4.74 Å². The molecule has 21 heavy (non-hydrogen) atoms. The predicted octanol–water partition coefficient (Wildman–Crippen LogP) is 4.02. The van der Waals surface area contributed by atoms with Crippen molar-refractivity contribution in [3.05, 3.63) is 29.8 Å². The molecular formula is C18H31NO2. The van der Waals surface area contributed by atoms with Crippen LogP contribution in [0.5, 0.6) is 5.75 Å². The van der Waals surface area contributed by atoms with Crippen molar-refractivity contribution >= 4 is 0 Å². The van der Waals surface area contributed by atoms with Gasteiger partial charge in [-0.25, -0.2) is 0 Å². The van der Waals surface area contributed by atoms with Crippen LogP contribution in [-0.4, -0.2) is 36.8 Å². The molecule has 0 aliphatic carbocycles. The van der Waals surface area contributed by atoms with Gasteiger partial charge in [0.1, 0.15) is 5.75 Å². The van der Waals surface area contributed by atoms with Crippen molar-refractivity contribution in [2.75, 3.05) is 26.7 Å². The molecule has 0 saturated carbocycles. The maximum atomic E-state index is 10.2. The molecule has 0 amide bonds. The second kappa shape index (κ2) is 10.6. The number of aliphatic hydroxyl groups is 1. The van der Waals surface area contributed by atoms with Crippen LogP contribution in [0.15, 0.2) is 24.3 Å². The van der Waals surface area contributed by atoms with Crippen molar-refractivity contribution in [2.45, 2.75) is 52.1 Å². The van der Waals surface area contributed by atoms with E-state index in [1.165, 1.54) is 12.8 Å². The van der Waals surface area contributed by atoms with E-state index in [0.29, 0.717) is 0 Å². The van der Waals surface area contributed by atoms with Gasteiger partial charge >= 0.3 is 0 Å². The van der Waals surface area contributed by atoms with Gasteiger partial charge in [-0.3, -0.25) is 0 Å². The Morgan fingerprint density at radius 1 is 1.05 bits per heavy atom. The summed E-state index contributed by atoms with van der Waals surface area (Å²) in [5.41, 5.74) is 0.974. The number of aliphatic hydroxyl groups excluding tert-OH is 1. The molecule has 0 aromatic heterocycles. The van der Waals surface area contributed by atoms with Gasteiger partial charge in [0.2, 0.25) is 0 Å². The number of hydrogen-bond donors (Lipinski definition) is 1. The molecule has 1 N–H and O–H groups in total. The molecule has 1 aromatic carbocycles. The number of benzene rings is 1. The third-order valence-corrected chi connectivity index (χ3v) is 3.71. The van der Waals surface area contributed by atoms with Gasteiger partial charge < -0.3 is 14.7 Å². The van der Waals surface area contributed by atoms with Crippen molar-refractivity contribution in [1.29, 1.82) is 0 Å². The highest BCUT2D eigenvalue weighted by atomic mass is 16.5. The number of ether oxygens (including phenoxy) is 1. The SMILES string of the molecule is CCCCOc1ccc(C(O)CCN(C)CCCC)cc1. The maximum Gasteiger partial charge on any atom is 0.119 e. The Morgan fingerprint density at radius 2 is 1.71 bits per heavy atom. The van der Waals surface area contributed by atoms with Crippen LogP contribution in [0.1, 0.15) is 57.6 Å². The minimum absolute atomic E-state index is 0.390.